The second-order valence-corrected chi connectivity index (χ2v) is 5.42. The molecule has 0 spiro atoms. The van der Waals surface area contributed by atoms with Crippen LogP contribution in [-0.2, 0) is 4.74 Å². The van der Waals surface area contributed by atoms with Crippen molar-refractivity contribution in [2.75, 3.05) is 0 Å². The molecule has 0 N–H and O–H groups in total. The minimum atomic E-state index is 0.232. The minimum Gasteiger partial charge on any atom is -0.371 e. The van der Waals surface area contributed by atoms with Crippen LogP contribution in [0.1, 0.15) is 52.9 Å². The minimum absolute atomic E-state index is 0.232. The predicted molar refractivity (Wildman–Crippen MR) is 50.1 cm³/mol. The van der Waals surface area contributed by atoms with Gasteiger partial charge in [0.15, 0.2) is 0 Å². The van der Waals surface area contributed by atoms with Crippen molar-refractivity contribution < 1.29 is 4.74 Å². The van der Waals surface area contributed by atoms with Gasteiger partial charge in [-0.25, -0.2) is 0 Å². The Bertz CT molecular complexity index is 176. The summed E-state index contributed by atoms with van der Waals surface area (Å²) in [5.74, 6) is 0. The van der Waals surface area contributed by atoms with Gasteiger partial charge in [-0.3, -0.25) is 0 Å². The van der Waals surface area contributed by atoms with E-state index in [9.17, 15) is 0 Å². The Balaban J connectivity index is 2.21. The van der Waals surface area contributed by atoms with Gasteiger partial charge in [0.1, 0.15) is 0 Å². The lowest BCUT2D eigenvalue weighted by molar-refractivity contribution is -0.137. The summed E-state index contributed by atoms with van der Waals surface area (Å²) in [6, 6.07) is 0. The Morgan fingerprint density at radius 1 is 1.17 bits per heavy atom. The molecule has 2 aliphatic rings. The van der Waals surface area contributed by atoms with Crippen molar-refractivity contribution in [1.82, 2.24) is 0 Å². The largest absolute Gasteiger partial charge is 0.371 e. The van der Waals surface area contributed by atoms with E-state index in [0.29, 0.717) is 11.5 Å². The average Bonchev–Trinajstić information content (AvgIpc) is 2.27. The molecule has 0 aliphatic carbocycles. The van der Waals surface area contributed by atoms with E-state index in [1.54, 1.807) is 0 Å². The number of rotatable bonds is 0. The maximum absolute atomic E-state index is 6.15. The zero-order chi connectivity index (χ0) is 8.82. The zero-order valence-corrected chi connectivity index (χ0v) is 8.52. The van der Waals surface area contributed by atoms with Crippen LogP contribution in [0.25, 0.3) is 0 Å². The van der Waals surface area contributed by atoms with E-state index >= 15 is 0 Å². The Hall–Kier alpha value is -0.0400. The number of hydrogen-bond acceptors (Lipinski definition) is 1. The lowest BCUT2D eigenvalue weighted by atomic mass is 9.72. The third-order valence-corrected chi connectivity index (χ3v) is 3.74. The van der Waals surface area contributed by atoms with Crippen molar-refractivity contribution >= 4 is 0 Å². The number of fused-ring (bicyclic) bond motifs is 2. The fraction of sp³-hybridized carbons (Fsp3) is 1.00. The topological polar surface area (TPSA) is 9.23 Å². The summed E-state index contributed by atoms with van der Waals surface area (Å²) in [7, 11) is 0. The smallest absolute Gasteiger partial charge is 0.0735 e. The maximum atomic E-state index is 6.15. The predicted octanol–water partition coefficient (Wildman–Crippen LogP) is 3.13. The third-order valence-electron chi connectivity index (χ3n) is 3.74. The zero-order valence-electron chi connectivity index (χ0n) is 8.52. The van der Waals surface area contributed by atoms with Gasteiger partial charge in [0.2, 0.25) is 0 Å². The average molecular weight is 168 g/mol. The van der Waals surface area contributed by atoms with Crippen molar-refractivity contribution in [1.29, 1.82) is 0 Å². The lowest BCUT2D eigenvalue weighted by Gasteiger charge is -2.44. The molecule has 2 unspecified atom stereocenters. The van der Waals surface area contributed by atoms with E-state index in [2.05, 4.69) is 20.8 Å². The molecule has 0 amide bonds. The lowest BCUT2D eigenvalue weighted by Crippen LogP contribution is -2.44. The van der Waals surface area contributed by atoms with Gasteiger partial charge in [0.05, 0.1) is 11.7 Å². The van der Waals surface area contributed by atoms with E-state index in [0.717, 1.165) is 0 Å². The second kappa shape index (κ2) is 2.47. The van der Waals surface area contributed by atoms with Crippen LogP contribution in [0.15, 0.2) is 0 Å². The summed E-state index contributed by atoms with van der Waals surface area (Å²) in [5.41, 5.74) is 0.568. The first-order chi connectivity index (χ1) is 5.54. The highest BCUT2D eigenvalue weighted by Crippen LogP contribution is 2.50. The molecule has 0 aromatic carbocycles. The van der Waals surface area contributed by atoms with Gasteiger partial charge in [0.25, 0.3) is 0 Å². The first-order valence-corrected chi connectivity index (χ1v) is 5.21. The Morgan fingerprint density at radius 3 is 2.50 bits per heavy atom. The van der Waals surface area contributed by atoms with Crippen molar-refractivity contribution in [3.63, 3.8) is 0 Å². The molecule has 1 heteroatoms. The number of ether oxygens (including phenoxy) is 1. The van der Waals surface area contributed by atoms with Gasteiger partial charge < -0.3 is 4.74 Å². The quantitative estimate of drug-likeness (QED) is 0.540. The molecule has 0 saturated carbocycles. The highest BCUT2D eigenvalue weighted by Gasteiger charge is 2.50. The molecule has 1 nitrogen and oxygen atoms in total. The van der Waals surface area contributed by atoms with Gasteiger partial charge in [-0.2, -0.15) is 0 Å². The van der Waals surface area contributed by atoms with Crippen molar-refractivity contribution in [3.8, 4) is 0 Å². The molecular formula is C11H20O. The maximum Gasteiger partial charge on any atom is 0.0735 e. The van der Waals surface area contributed by atoms with Crippen LogP contribution in [0.5, 0.6) is 0 Å². The molecule has 2 fully saturated rings. The number of hydrogen-bond donors (Lipinski definition) is 0. The van der Waals surface area contributed by atoms with Crippen LogP contribution in [0.2, 0.25) is 0 Å². The Morgan fingerprint density at radius 2 is 1.92 bits per heavy atom. The van der Waals surface area contributed by atoms with E-state index in [1.807, 2.05) is 0 Å². The van der Waals surface area contributed by atoms with Crippen LogP contribution in [0.3, 0.4) is 0 Å². The first-order valence-electron chi connectivity index (χ1n) is 5.21. The van der Waals surface area contributed by atoms with Crippen LogP contribution >= 0.6 is 0 Å². The summed E-state index contributed by atoms with van der Waals surface area (Å²) in [6.07, 6.45) is 7.16. The fourth-order valence-electron chi connectivity index (χ4n) is 2.76. The molecule has 0 radical (unpaired) electrons. The Labute approximate surface area is 75.5 Å². The molecule has 2 aliphatic heterocycles. The van der Waals surface area contributed by atoms with Crippen LogP contribution in [-0.4, -0.2) is 11.7 Å². The van der Waals surface area contributed by atoms with Crippen LogP contribution in [0, 0.1) is 5.41 Å². The molecule has 2 atom stereocenters. The molecule has 2 bridgehead atoms. The third kappa shape index (κ3) is 1.10. The van der Waals surface area contributed by atoms with Crippen molar-refractivity contribution in [2.45, 2.75) is 64.6 Å². The van der Waals surface area contributed by atoms with Crippen LogP contribution in [0.4, 0.5) is 0 Å². The highest BCUT2D eigenvalue weighted by molar-refractivity contribution is 5.00. The van der Waals surface area contributed by atoms with E-state index < -0.39 is 0 Å². The SMILES string of the molecule is CC(C)(C)C12CCCC(CC1)O2. The molecule has 2 heterocycles. The standard InChI is InChI=1S/C11H20O/c1-10(2,3)11-7-4-5-9(12-11)6-8-11/h9H,4-8H2,1-3H3. The molecular weight excluding hydrogens is 148 g/mol. The van der Waals surface area contributed by atoms with Gasteiger partial charge in [-0.15, -0.1) is 0 Å². The molecule has 70 valence electrons. The molecule has 12 heavy (non-hydrogen) atoms. The van der Waals surface area contributed by atoms with Crippen LogP contribution < -0.4 is 0 Å². The molecule has 2 saturated heterocycles. The van der Waals surface area contributed by atoms with Gasteiger partial charge in [-0.1, -0.05) is 20.8 Å². The molecule has 2 rings (SSSR count). The van der Waals surface area contributed by atoms with Crippen molar-refractivity contribution in [3.05, 3.63) is 0 Å². The molecule has 0 aromatic rings. The Kier molecular flexibility index (Phi) is 1.76. The van der Waals surface area contributed by atoms with Gasteiger partial charge >= 0.3 is 0 Å². The van der Waals surface area contributed by atoms with E-state index in [1.165, 1.54) is 32.1 Å². The second-order valence-electron chi connectivity index (χ2n) is 5.42. The summed E-state index contributed by atoms with van der Waals surface area (Å²) >= 11 is 0. The normalized spacial score (nSPS) is 41.8. The summed E-state index contributed by atoms with van der Waals surface area (Å²) < 4.78 is 6.15. The monoisotopic (exact) mass is 168 g/mol. The van der Waals surface area contributed by atoms with Gasteiger partial charge in [-0.05, 0) is 37.5 Å². The van der Waals surface area contributed by atoms with E-state index in [4.69, 9.17) is 4.74 Å². The molecule has 0 aromatic heterocycles. The fourth-order valence-corrected chi connectivity index (χ4v) is 2.76. The van der Waals surface area contributed by atoms with Gasteiger partial charge in [0, 0.05) is 0 Å². The van der Waals surface area contributed by atoms with E-state index in [-0.39, 0.29) is 5.60 Å². The van der Waals surface area contributed by atoms with Crippen molar-refractivity contribution in [2.24, 2.45) is 5.41 Å². The first kappa shape index (κ1) is 8.55. The summed E-state index contributed by atoms with van der Waals surface area (Å²) in [4.78, 5) is 0. The summed E-state index contributed by atoms with van der Waals surface area (Å²) in [6.45, 7) is 6.96. The summed E-state index contributed by atoms with van der Waals surface area (Å²) in [5, 5.41) is 0. The highest BCUT2D eigenvalue weighted by atomic mass is 16.5.